The summed E-state index contributed by atoms with van der Waals surface area (Å²) in [6.45, 7) is 6.13. The zero-order valence-corrected chi connectivity index (χ0v) is 13.6. The van der Waals surface area contributed by atoms with E-state index in [4.69, 9.17) is 0 Å². The topological polar surface area (TPSA) is 66.3 Å². The molecule has 0 fully saturated rings. The van der Waals surface area contributed by atoms with Crippen LogP contribution in [0.5, 0.6) is 0 Å². The lowest BCUT2D eigenvalue weighted by Crippen LogP contribution is -2.47. The van der Waals surface area contributed by atoms with E-state index in [1.165, 1.54) is 5.69 Å². The van der Waals surface area contributed by atoms with Gasteiger partial charge in [-0.15, -0.1) is 0 Å². The Labute approximate surface area is 127 Å². The quantitative estimate of drug-likeness (QED) is 0.688. The Morgan fingerprint density at radius 3 is 2.62 bits per heavy atom. The fraction of sp³-hybridized carbons (Fsp3) is 0.688. The molecule has 1 atom stereocenters. The van der Waals surface area contributed by atoms with E-state index >= 15 is 0 Å². The second-order valence-corrected chi connectivity index (χ2v) is 5.81. The first-order valence-corrected chi connectivity index (χ1v) is 7.77. The molecule has 0 aliphatic carbocycles. The van der Waals surface area contributed by atoms with E-state index in [1.54, 1.807) is 0 Å². The van der Waals surface area contributed by atoms with Crippen LogP contribution in [0, 0.1) is 0 Å². The Morgan fingerprint density at radius 1 is 1.43 bits per heavy atom. The molecule has 0 saturated carbocycles. The number of nitrogens with zero attached hydrogens (tertiary/aromatic N) is 1. The fourth-order valence-electron chi connectivity index (χ4n) is 2.21. The maximum absolute atomic E-state index is 11.8. The third kappa shape index (κ3) is 5.79. The van der Waals surface area contributed by atoms with Crippen molar-refractivity contribution in [2.75, 3.05) is 6.54 Å². The van der Waals surface area contributed by atoms with Crippen LogP contribution in [-0.4, -0.2) is 33.9 Å². The minimum Gasteiger partial charge on any atom is -0.388 e. The minimum absolute atomic E-state index is 0.0937. The Kier molecular flexibility index (Phi) is 6.75. The van der Waals surface area contributed by atoms with Crippen LogP contribution in [0.25, 0.3) is 0 Å². The predicted molar refractivity (Wildman–Crippen MR) is 85.3 cm³/mol. The van der Waals surface area contributed by atoms with Gasteiger partial charge in [0.25, 0.3) is 0 Å². The lowest BCUT2D eigenvalue weighted by atomic mass is 9.98. The molecule has 0 bridgehead atoms. The summed E-state index contributed by atoms with van der Waals surface area (Å²) >= 11 is 0. The highest BCUT2D eigenvalue weighted by Gasteiger charge is 2.22. The molecule has 0 spiro atoms. The van der Waals surface area contributed by atoms with E-state index in [9.17, 15) is 9.90 Å². The number of aryl methyl sites for hydroxylation is 2. The molecule has 5 nitrogen and oxygen atoms in total. The van der Waals surface area contributed by atoms with Crippen molar-refractivity contribution in [3.05, 3.63) is 24.0 Å². The number of nitrogens with one attached hydrogen (secondary N) is 2. The van der Waals surface area contributed by atoms with Crippen LogP contribution in [0.4, 0.5) is 4.79 Å². The molecule has 0 aromatic carbocycles. The van der Waals surface area contributed by atoms with E-state index < -0.39 is 5.60 Å². The number of aliphatic hydroxyl groups is 1. The molecule has 0 radical (unpaired) electrons. The van der Waals surface area contributed by atoms with Crippen molar-refractivity contribution in [1.29, 1.82) is 0 Å². The standard InChI is InChI=1S/C16H29N3O2/c1-5-16(21,6-2)12-17-15(20)18-13(3)9-10-14-8-7-11-19(14)4/h7-8,11,13,21H,5-6,9-10,12H2,1-4H3,(H2,17,18,20). The van der Waals surface area contributed by atoms with E-state index in [2.05, 4.69) is 21.3 Å². The van der Waals surface area contributed by atoms with Gasteiger partial charge in [-0.1, -0.05) is 13.8 Å². The van der Waals surface area contributed by atoms with Gasteiger partial charge in [-0.25, -0.2) is 4.79 Å². The number of hydrogen-bond acceptors (Lipinski definition) is 2. The second-order valence-electron chi connectivity index (χ2n) is 5.81. The first kappa shape index (κ1) is 17.6. The highest BCUT2D eigenvalue weighted by atomic mass is 16.3. The average Bonchev–Trinajstić information content (AvgIpc) is 2.88. The molecule has 5 heteroatoms. The molecule has 120 valence electrons. The van der Waals surface area contributed by atoms with Crippen molar-refractivity contribution < 1.29 is 9.90 Å². The maximum atomic E-state index is 11.8. The summed E-state index contributed by atoms with van der Waals surface area (Å²) in [5, 5.41) is 15.8. The zero-order valence-electron chi connectivity index (χ0n) is 13.6. The summed E-state index contributed by atoms with van der Waals surface area (Å²) in [5.74, 6) is 0. The Hall–Kier alpha value is -1.49. The minimum atomic E-state index is -0.802. The van der Waals surface area contributed by atoms with Gasteiger partial charge in [0.05, 0.1) is 5.60 Å². The van der Waals surface area contributed by atoms with Gasteiger partial charge in [-0.2, -0.15) is 0 Å². The zero-order chi connectivity index (χ0) is 15.9. The number of aromatic nitrogens is 1. The van der Waals surface area contributed by atoms with Gasteiger partial charge in [0.15, 0.2) is 0 Å². The summed E-state index contributed by atoms with van der Waals surface area (Å²) in [5.41, 5.74) is 0.458. The molecule has 1 aromatic heterocycles. The third-order valence-corrected chi connectivity index (χ3v) is 4.16. The molecule has 2 amide bonds. The Balaban J connectivity index is 2.29. The summed E-state index contributed by atoms with van der Waals surface area (Å²) in [6.07, 6.45) is 5.10. The van der Waals surface area contributed by atoms with Gasteiger partial charge in [0.2, 0.25) is 0 Å². The van der Waals surface area contributed by atoms with E-state index in [0.29, 0.717) is 12.8 Å². The smallest absolute Gasteiger partial charge is 0.315 e. The average molecular weight is 295 g/mol. The molecular formula is C16H29N3O2. The molecule has 0 saturated heterocycles. The van der Waals surface area contributed by atoms with Crippen LogP contribution in [0.15, 0.2) is 18.3 Å². The van der Waals surface area contributed by atoms with Gasteiger partial charge in [0, 0.05) is 31.5 Å². The number of carbonyl (C=O) groups excluding carboxylic acids is 1. The van der Waals surface area contributed by atoms with Gasteiger partial charge >= 0.3 is 6.03 Å². The number of carbonyl (C=O) groups is 1. The van der Waals surface area contributed by atoms with Crippen LogP contribution >= 0.6 is 0 Å². The SMILES string of the molecule is CCC(O)(CC)CNC(=O)NC(C)CCc1cccn1C. The van der Waals surface area contributed by atoms with Crippen molar-refractivity contribution in [2.24, 2.45) is 7.05 Å². The fourth-order valence-corrected chi connectivity index (χ4v) is 2.21. The van der Waals surface area contributed by atoms with Crippen LogP contribution in [0.3, 0.4) is 0 Å². The highest BCUT2D eigenvalue weighted by molar-refractivity contribution is 5.74. The van der Waals surface area contributed by atoms with Crippen LogP contribution in [0.1, 0.15) is 45.7 Å². The normalized spacial score (nSPS) is 13.0. The summed E-state index contributed by atoms with van der Waals surface area (Å²) in [4.78, 5) is 11.8. The summed E-state index contributed by atoms with van der Waals surface area (Å²) in [6, 6.07) is 4.00. The number of rotatable bonds is 8. The Morgan fingerprint density at radius 2 is 2.10 bits per heavy atom. The monoisotopic (exact) mass is 295 g/mol. The summed E-state index contributed by atoms with van der Waals surface area (Å²) in [7, 11) is 2.02. The Bertz CT molecular complexity index is 438. The van der Waals surface area contributed by atoms with E-state index in [1.807, 2.05) is 40.1 Å². The van der Waals surface area contributed by atoms with Gasteiger partial charge < -0.3 is 20.3 Å². The van der Waals surface area contributed by atoms with Crippen LogP contribution in [0.2, 0.25) is 0 Å². The van der Waals surface area contributed by atoms with Crippen molar-refractivity contribution in [3.63, 3.8) is 0 Å². The molecule has 1 unspecified atom stereocenters. The second kappa shape index (κ2) is 8.08. The molecule has 0 aliphatic heterocycles. The van der Waals surface area contributed by atoms with E-state index in [0.717, 1.165) is 12.8 Å². The molecular weight excluding hydrogens is 266 g/mol. The van der Waals surface area contributed by atoms with Crippen molar-refractivity contribution >= 4 is 6.03 Å². The lowest BCUT2D eigenvalue weighted by molar-refractivity contribution is 0.0348. The predicted octanol–water partition coefficient (Wildman–Crippen LogP) is 2.20. The van der Waals surface area contributed by atoms with Crippen molar-refractivity contribution in [1.82, 2.24) is 15.2 Å². The van der Waals surface area contributed by atoms with Gasteiger partial charge in [-0.05, 0) is 44.7 Å². The van der Waals surface area contributed by atoms with Crippen LogP contribution < -0.4 is 10.6 Å². The number of amides is 2. The van der Waals surface area contributed by atoms with Crippen molar-refractivity contribution in [3.8, 4) is 0 Å². The van der Waals surface area contributed by atoms with Crippen LogP contribution in [-0.2, 0) is 13.5 Å². The number of hydrogen-bond donors (Lipinski definition) is 3. The van der Waals surface area contributed by atoms with Gasteiger partial charge in [0.1, 0.15) is 0 Å². The molecule has 1 aromatic rings. The molecule has 1 heterocycles. The molecule has 0 aliphatic rings. The third-order valence-electron chi connectivity index (χ3n) is 4.16. The van der Waals surface area contributed by atoms with Gasteiger partial charge in [-0.3, -0.25) is 0 Å². The first-order valence-electron chi connectivity index (χ1n) is 7.77. The molecule has 21 heavy (non-hydrogen) atoms. The first-order chi connectivity index (χ1) is 9.90. The maximum Gasteiger partial charge on any atom is 0.315 e. The molecule has 3 N–H and O–H groups in total. The largest absolute Gasteiger partial charge is 0.388 e. The summed E-state index contributed by atoms with van der Waals surface area (Å²) < 4.78 is 2.09. The highest BCUT2D eigenvalue weighted by Crippen LogP contribution is 2.12. The number of urea groups is 1. The lowest BCUT2D eigenvalue weighted by Gasteiger charge is -2.26. The van der Waals surface area contributed by atoms with Crippen molar-refractivity contribution in [2.45, 2.75) is 58.1 Å². The molecule has 1 rings (SSSR count). The van der Waals surface area contributed by atoms with E-state index in [-0.39, 0.29) is 18.6 Å².